The second-order valence-corrected chi connectivity index (χ2v) is 6.14. The van der Waals surface area contributed by atoms with Crippen molar-refractivity contribution in [3.63, 3.8) is 0 Å². The zero-order chi connectivity index (χ0) is 13.6. The zero-order valence-electron chi connectivity index (χ0n) is 9.65. The van der Waals surface area contributed by atoms with Crippen LogP contribution in [0.15, 0.2) is 21.5 Å². The van der Waals surface area contributed by atoms with Crippen LogP contribution in [0.3, 0.4) is 0 Å². The summed E-state index contributed by atoms with van der Waals surface area (Å²) >= 11 is 4.37. The summed E-state index contributed by atoms with van der Waals surface area (Å²) in [6.07, 6.45) is -0.334. The predicted molar refractivity (Wildman–Crippen MR) is 73.5 cm³/mol. The van der Waals surface area contributed by atoms with Crippen molar-refractivity contribution in [1.29, 1.82) is 0 Å². The highest BCUT2D eigenvalue weighted by Gasteiger charge is 2.31. The van der Waals surface area contributed by atoms with Crippen molar-refractivity contribution in [3.05, 3.63) is 32.9 Å². The minimum absolute atomic E-state index is 0.295. The van der Waals surface area contributed by atoms with Gasteiger partial charge < -0.3 is 9.84 Å². The smallest absolute Gasteiger partial charge is 0.417 e. The lowest BCUT2D eigenvalue weighted by molar-refractivity contribution is 0.179. The Balaban J connectivity index is 2.07. The van der Waals surface area contributed by atoms with E-state index in [1.54, 1.807) is 6.07 Å². The van der Waals surface area contributed by atoms with Gasteiger partial charge in [0.1, 0.15) is 11.6 Å². The number of carbonyl (C=O) groups is 1. The molecule has 0 saturated carbocycles. The molecule has 1 N–H and O–H groups in total. The van der Waals surface area contributed by atoms with Gasteiger partial charge in [0.05, 0.1) is 17.6 Å². The molecule has 0 radical (unpaired) electrons. The van der Waals surface area contributed by atoms with Gasteiger partial charge in [0.2, 0.25) is 0 Å². The molecule has 0 fully saturated rings. The fourth-order valence-corrected chi connectivity index (χ4v) is 3.47. The van der Waals surface area contributed by atoms with Crippen molar-refractivity contribution in [2.75, 3.05) is 13.2 Å². The minimum atomic E-state index is -0.971. The molecule has 0 unspecified atom stereocenters. The fraction of sp³-hybridized carbons (Fsp3) is 0.250. The van der Waals surface area contributed by atoms with E-state index in [0.717, 1.165) is 16.0 Å². The third kappa shape index (κ3) is 2.21. The normalized spacial score (nSPS) is 17.7. The van der Waals surface area contributed by atoms with Gasteiger partial charge >= 0.3 is 6.09 Å². The van der Waals surface area contributed by atoms with Gasteiger partial charge in [0, 0.05) is 23.0 Å². The first-order valence-corrected chi connectivity index (χ1v) is 7.15. The molecule has 100 valence electrons. The van der Waals surface area contributed by atoms with Crippen molar-refractivity contribution in [2.24, 2.45) is 0 Å². The Hall–Kier alpha value is -1.21. The second kappa shape index (κ2) is 4.72. The molecule has 7 heteroatoms. The van der Waals surface area contributed by atoms with Crippen LogP contribution in [0.1, 0.15) is 12.0 Å². The maximum atomic E-state index is 13.5. The highest BCUT2D eigenvalue weighted by atomic mass is 79.9. The topological polar surface area (TPSA) is 49.8 Å². The average molecular weight is 346 g/mol. The molecule has 2 heterocycles. The maximum absolute atomic E-state index is 13.5. The highest BCUT2D eigenvalue weighted by molar-refractivity contribution is 9.10. The Labute approximate surface area is 121 Å². The number of rotatable bonds is 0. The molecule has 0 bridgehead atoms. The second-order valence-electron chi connectivity index (χ2n) is 4.17. The first-order chi connectivity index (χ1) is 9.06. The Morgan fingerprint density at radius 2 is 2.32 bits per heavy atom. The summed E-state index contributed by atoms with van der Waals surface area (Å²) in [6, 6.07) is 2.99. The van der Waals surface area contributed by atoms with E-state index in [1.165, 1.54) is 22.3 Å². The standard InChI is InChI=1S/C12H9BrFNO3S/c13-8-3-6-7-5-15(12(16)17)19-11(7)1-2-18-10(6)4-9(8)14/h3-4H,1-2,5H2,(H,16,17). The molecular weight excluding hydrogens is 337 g/mol. The third-order valence-corrected chi connectivity index (χ3v) is 4.79. The largest absolute Gasteiger partial charge is 0.492 e. The number of amides is 1. The third-order valence-electron chi connectivity index (χ3n) is 3.01. The van der Waals surface area contributed by atoms with Gasteiger partial charge in [-0.15, -0.1) is 0 Å². The van der Waals surface area contributed by atoms with Crippen LogP contribution in [0.25, 0.3) is 5.57 Å². The van der Waals surface area contributed by atoms with Crippen LogP contribution in [0.5, 0.6) is 5.75 Å². The fourth-order valence-electron chi connectivity index (χ4n) is 2.13. The van der Waals surface area contributed by atoms with Crippen LogP contribution in [0.4, 0.5) is 9.18 Å². The summed E-state index contributed by atoms with van der Waals surface area (Å²) < 4.78 is 20.7. The van der Waals surface area contributed by atoms with E-state index in [4.69, 9.17) is 9.84 Å². The minimum Gasteiger partial charge on any atom is -0.492 e. The van der Waals surface area contributed by atoms with Crippen LogP contribution in [0, 0.1) is 5.82 Å². The molecule has 2 aliphatic heterocycles. The van der Waals surface area contributed by atoms with E-state index in [1.807, 2.05) is 0 Å². The SMILES string of the molecule is O=C(O)N1CC2=C(CCOc3cc(F)c(Br)cc32)S1. The molecule has 0 spiro atoms. The van der Waals surface area contributed by atoms with Gasteiger partial charge in [-0.1, -0.05) is 0 Å². The molecule has 4 nitrogen and oxygen atoms in total. The van der Waals surface area contributed by atoms with Crippen molar-refractivity contribution < 1.29 is 19.0 Å². The highest BCUT2D eigenvalue weighted by Crippen LogP contribution is 2.45. The monoisotopic (exact) mass is 345 g/mol. The molecule has 0 aromatic heterocycles. The lowest BCUT2D eigenvalue weighted by atomic mass is 10.0. The summed E-state index contributed by atoms with van der Waals surface area (Å²) in [6.45, 7) is 0.719. The number of hydrogen-bond donors (Lipinski definition) is 1. The number of nitrogens with zero attached hydrogens (tertiary/aromatic N) is 1. The Bertz CT molecular complexity index is 605. The number of benzene rings is 1. The molecule has 1 amide bonds. The van der Waals surface area contributed by atoms with E-state index < -0.39 is 6.09 Å². The quantitative estimate of drug-likeness (QED) is 0.728. The summed E-state index contributed by atoms with van der Waals surface area (Å²) in [5.41, 5.74) is 1.66. The Kier molecular flexibility index (Phi) is 3.18. The number of fused-ring (bicyclic) bond motifs is 2. The van der Waals surface area contributed by atoms with E-state index in [9.17, 15) is 9.18 Å². The van der Waals surface area contributed by atoms with Crippen LogP contribution in [-0.4, -0.2) is 28.7 Å². The van der Waals surface area contributed by atoms with E-state index in [0.29, 0.717) is 29.8 Å². The van der Waals surface area contributed by atoms with Crippen molar-refractivity contribution in [3.8, 4) is 5.75 Å². The molecule has 0 saturated heterocycles. The summed E-state index contributed by atoms with van der Waals surface area (Å²) in [5, 5.41) is 9.06. The number of halogens is 2. The van der Waals surface area contributed by atoms with Crippen LogP contribution >= 0.6 is 27.9 Å². The Morgan fingerprint density at radius 1 is 1.53 bits per heavy atom. The van der Waals surface area contributed by atoms with Gasteiger partial charge in [-0.25, -0.2) is 13.5 Å². The first-order valence-electron chi connectivity index (χ1n) is 5.59. The van der Waals surface area contributed by atoms with Crippen LogP contribution < -0.4 is 4.74 Å². The van der Waals surface area contributed by atoms with Gasteiger partial charge in [-0.2, -0.15) is 0 Å². The van der Waals surface area contributed by atoms with Crippen LogP contribution in [0.2, 0.25) is 0 Å². The maximum Gasteiger partial charge on any atom is 0.417 e. The average Bonchev–Trinajstić information content (AvgIpc) is 2.71. The van der Waals surface area contributed by atoms with Crippen molar-refractivity contribution in [1.82, 2.24) is 4.31 Å². The lowest BCUT2D eigenvalue weighted by Gasteiger charge is -2.14. The number of ether oxygens (including phenoxy) is 1. The van der Waals surface area contributed by atoms with Crippen molar-refractivity contribution >= 4 is 39.5 Å². The van der Waals surface area contributed by atoms with E-state index in [2.05, 4.69) is 15.9 Å². The summed E-state index contributed by atoms with van der Waals surface area (Å²) in [7, 11) is 0. The lowest BCUT2D eigenvalue weighted by Crippen LogP contribution is -2.20. The Morgan fingerprint density at radius 3 is 3.05 bits per heavy atom. The number of carboxylic acid groups (broad SMARTS) is 1. The van der Waals surface area contributed by atoms with Gasteiger partial charge in [0.15, 0.2) is 0 Å². The predicted octanol–water partition coefficient (Wildman–Crippen LogP) is 3.72. The summed E-state index contributed by atoms with van der Waals surface area (Å²) in [4.78, 5) is 12.0. The molecule has 1 aromatic rings. The summed E-state index contributed by atoms with van der Waals surface area (Å²) in [5.74, 6) is 0.0853. The van der Waals surface area contributed by atoms with E-state index in [-0.39, 0.29) is 5.82 Å². The molecule has 3 rings (SSSR count). The molecule has 0 aliphatic carbocycles. The zero-order valence-corrected chi connectivity index (χ0v) is 12.1. The molecule has 1 aromatic carbocycles. The molecule has 0 atom stereocenters. The molecule has 19 heavy (non-hydrogen) atoms. The van der Waals surface area contributed by atoms with Gasteiger partial charge in [-0.05, 0) is 39.5 Å². The van der Waals surface area contributed by atoms with Crippen LogP contribution in [-0.2, 0) is 0 Å². The van der Waals surface area contributed by atoms with Gasteiger partial charge in [-0.3, -0.25) is 0 Å². The van der Waals surface area contributed by atoms with Crippen molar-refractivity contribution in [2.45, 2.75) is 6.42 Å². The van der Waals surface area contributed by atoms with E-state index >= 15 is 0 Å². The van der Waals surface area contributed by atoms with Gasteiger partial charge in [0.25, 0.3) is 0 Å². The molecular formula is C12H9BrFNO3S. The molecule has 2 aliphatic rings. The first kappa shape index (κ1) is 12.8. The number of hydrogen-bond acceptors (Lipinski definition) is 3.